The largest absolute Gasteiger partial charge is 0.358 e. The van der Waals surface area contributed by atoms with Gasteiger partial charge in [0.05, 0.1) is 12.1 Å². The Morgan fingerprint density at radius 3 is 1.79 bits per heavy atom. The van der Waals surface area contributed by atoms with Gasteiger partial charge < -0.3 is 14.5 Å². The Morgan fingerprint density at radius 2 is 1.38 bits per heavy atom. The number of nitrogens with one attached hydrogen (secondary N) is 1. The molecule has 2 aromatic carbocycles. The van der Waals surface area contributed by atoms with Crippen LogP contribution >= 0.6 is 0 Å². The molecule has 0 radical (unpaired) electrons. The molecular weight excluding hydrogens is 298 g/mol. The molecule has 0 aliphatic carbocycles. The molecule has 0 atom stereocenters. The van der Waals surface area contributed by atoms with E-state index in [0.717, 1.165) is 11.1 Å². The summed E-state index contributed by atoms with van der Waals surface area (Å²) in [5.41, 5.74) is 2.32. The Morgan fingerprint density at radius 1 is 0.917 bits per heavy atom. The molecule has 0 bridgehead atoms. The maximum absolute atomic E-state index is 8.55. The molecule has 1 N–H and O–H groups in total. The number of nitrogens with zero attached hydrogens (tertiary/aromatic N) is 2. The van der Waals surface area contributed by atoms with Gasteiger partial charge in [-0.05, 0) is 25.0 Å². The second-order valence-corrected chi connectivity index (χ2v) is 6.20. The molecule has 0 spiro atoms. The van der Waals surface area contributed by atoms with Gasteiger partial charge in [-0.15, -0.1) is 0 Å². The molecule has 0 saturated heterocycles. The van der Waals surface area contributed by atoms with Gasteiger partial charge in [-0.3, -0.25) is 5.41 Å². The molecule has 4 heteroatoms. The van der Waals surface area contributed by atoms with Crippen molar-refractivity contribution in [1.29, 1.82) is 5.41 Å². The van der Waals surface area contributed by atoms with E-state index >= 15 is 0 Å². The molecule has 0 fully saturated rings. The predicted molar refractivity (Wildman–Crippen MR) is 99.1 cm³/mol. The highest BCUT2D eigenvalue weighted by Gasteiger charge is 2.23. The number of guanidine groups is 1. The van der Waals surface area contributed by atoms with Crippen molar-refractivity contribution in [1.82, 2.24) is 9.80 Å². The number of ether oxygens (including phenoxy) is 1. The Bertz CT molecular complexity index is 588. The van der Waals surface area contributed by atoms with Crippen LogP contribution in [0.25, 0.3) is 0 Å². The zero-order chi connectivity index (χ0) is 17.5. The Hall–Kier alpha value is -2.33. The molecule has 24 heavy (non-hydrogen) atoms. The van der Waals surface area contributed by atoms with Crippen LogP contribution < -0.4 is 0 Å². The number of hydrogen-bond donors (Lipinski definition) is 1. The van der Waals surface area contributed by atoms with Crippen LogP contribution in [0.3, 0.4) is 0 Å². The standard InChI is InChI=1S/C20H27N3O/c1-16(2)24-15-22(3)20(21)23(4)19(17-11-7-5-8-12-17)18-13-9-6-10-14-18/h5-14,16,19,21H,15H2,1-4H3. The van der Waals surface area contributed by atoms with E-state index in [2.05, 4.69) is 24.3 Å². The summed E-state index contributed by atoms with van der Waals surface area (Å²) in [6.45, 7) is 4.40. The molecule has 0 unspecified atom stereocenters. The lowest BCUT2D eigenvalue weighted by atomic mass is 9.97. The van der Waals surface area contributed by atoms with E-state index in [1.54, 1.807) is 0 Å². The van der Waals surface area contributed by atoms with Crippen molar-refractivity contribution in [3.05, 3.63) is 71.8 Å². The average Bonchev–Trinajstić information content (AvgIpc) is 2.61. The molecule has 0 saturated carbocycles. The second-order valence-electron chi connectivity index (χ2n) is 6.20. The topological polar surface area (TPSA) is 39.6 Å². The third-order valence-electron chi connectivity index (χ3n) is 3.92. The molecule has 0 aliphatic rings. The van der Waals surface area contributed by atoms with E-state index in [-0.39, 0.29) is 12.1 Å². The number of benzene rings is 2. The summed E-state index contributed by atoms with van der Waals surface area (Å²) < 4.78 is 5.62. The highest BCUT2D eigenvalue weighted by Crippen LogP contribution is 2.27. The van der Waals surface area contributed by atoms with Crippen molar-refractivity contribution < 1.29 is 4.74 Å². The van der Waals surface area contributed by atoms with Gasteiger partial charge in [0.1, 0.15) is 6.73 Å². The van der Waals surface area contributed by atoms with Crippen LogP contribution in [-0.2, 0) is 4.74 Å². The number of rotatable bonds is 6. The van der Waals surface area contributed by atoms with Gasteiger partial charge in [-0.25, -0.2) is 0 Å². The average molecular weight is 325 g/mol. The van der Waals surface area contributed by atoms with E-state index in [9.17, 15) is 0 Å². The second kappa shape index (κ2) is 8.50. The molecular formula is C20H27N3O. The molecule has 2 rings (SSSR count). The van der Waals surface area contributed by atoms with E-state index in [0.29, 0.717) is 12.7 Å². The summed E-state index contributed by atoms with van der Waals surface area (Å²) in [4.78, 5) is 3.80. The summed E-state index contributed by atoms with van der Waals surface area (Å²) in [6.07, 6.45) is 0.143. The first-order valence-electron chi connectivity index (χ1n) is 8.24. The van der Waals surface area contributed by atoms with Crippen molar-refractivity contribution in [2.45, 2.75) is 26.0 Å². The third kappa shape index (κ3) is 4.59. The van der Waals surface area contributed by atoms with Crippen molar-refractivity contribution in [2.24, 2.45) is 0 Å². The van der Waals surface area contributed by atoms with Gasteiger partial charge in [-0.1, -0.05) is 60.7 Å². The quantitative estimate of drug-likeness (QED) is 0.496. The van der Waals surface area contributed by atoms with Crippen LogP contribution in [-0.4, -0.2) is 42.7 Å². The minimum Gasteiger partial charge on any atom is -0.358 e. The maximum atomic E-state index is 8.55. The van der Waals surface area contributed by atoms with Crippen molar-refractivity contribution in [3.63, 3.8) is 0 Å². The van der Waals surface area contributed by atoms with Gasteiger partial charge in [0, 0.05) is 14.1 Å². The van der Waals surface area contributed by atoms with Crippen LogP contribution in [0.15, 0.2) is 60.7 Å². The summed E-state index contributed by atoms with van der Waals surface area (Å²) in [7, 11) is 3.84. The summed E-state index contributed by atoms with van der Waals surface area (Å²) in [5, 5.41) is 8.55. The maximum Gasteiger partial charge on any atom is 0.195 e. The molecule has 0 aliphatic heterocycles. The fourth-order valence-electron chi connectivity index (χ4n) is 2.62. The van der Waals surface area contributed by atoms with Crippen molar-refractivity contribution in [3.8, 4) is 0 Å². The molecule has 0 aromatic heterocycles. The van der Waals surface area contributed by atoms with Gasteiger partial charge in [-0.2, -0.15) is 0 Å². The monoisotopic (exact) mass is 325 g/mol. The van der Waals surface area contributed by atoms with Gasteiger partial charge in [0.25, 0.3) is 0 Å². The van der Waals surface area contributed by atoms with E-state index in [4.69, 9.17) is 10.1 Å². The molecule has 128 valence electrons. The fourth-order valence-corrected chi connectivity index (χ4v) is 2.62. The van der Waals surface area contributed by atoms with Crippen LogP contribution in [0.4, 0.5) is 0 Å². The lowest BCUT2D eigenvalue weighted by molar-refractivity contribution is 0.0258. The lowest BCUT2D eigenvalue weighted by Gasteiger charge is -2.35. The first-order valence-corrected chi connectivity index (χ1v) is 8.24. The Balaban J connectivity index is 2.25. The Kier molecular flexibility index (Phi) is 6.38. The van der Waals surface area contributed by atoms with Gasteiger partial charge >= 0.3 is 0 Å². The van der Waals surface area contributed by atoms with Crippen molar-refractivity contribution in [2.75, 3.05) is 20.8 Å². The van der Waals surface area contributed by atoms with Crippen molar-refractivity contribution >= 4 is 5.96 Å². The molecule has 4 nitrogen and oxygen atoms in total. The van der Waals surface area contributed by atoms with E-state index < -0.39 is 0 Å². The van der Waals surface area contributed by atoms with Crippen LogP contribution in [0.2, 0.25) is 0 Å². The van der Waals surface area contributed by atoms with Crippen LogP contribution in [0.5, 0.6) is 0 Å². The summed E-state index contributed by atoms with van der Waals surface area (Å²) >= 11 is 0. The highest BCUT2D eigenvalue weighted by molar-refractivity contribution is 5.77. The number of hydrogen-bond acceptors (Lipinski definition) is 2. The predicted octanol–water partition coefficient (Wildman–Crippen LogP) is 3.96. The highest BCUT2D eigenvalue weighted by atomic mass is 16.5. The molecule has 0 amide bonds. The SMILES string of the molecule is CC(C)OCN(C)C(=N)N(C)C(c1ccccc1)c1ccccc1. The van der Waals surface area contributed by atoms with Gasteiger partial charge in [0.15, 0.2) is 5.96 Å². The van der Waals surface area contributed by atoms with E-state index in [1.165, 1.54) is 0 Å². The smallest absolute Gasteiger partial charge is 0.195 e. The van der Waals surface area contributed by atoms with Gasteiger partial charge in [0.2, 0.25) is 0 Å². The third-order valence-corrected chi connectivity index (χ3v) is 3.92. The summed E-state index contributed by atoms with van der Waals surface area (Å²) in [6, 6.07) is 20.6. The Labute approximate surface area is 145 Å². The normalized spacial score (nSPS) is 10.9. The summed E-state index contributed by atoms with van der Waals surface area (Å²) in [5.74, 6) is 0.424. The fraction of sp³-hybridized carbons (Fsp3) is 0.350. The first kappa shape index (κ1) is 18.0. The van der Waals surface area contributed by atoms with E-state index in [1.807, 2.05) is 74.1 Å². The van der Waals surface area contributed by atoms with Crippen LogP contribution in [0, 0.1) is 5.41 Å². The lowest BCUT2D eigenvalue weighted by Crippen LogP contribution is -2.43. The van der Waals surface area contributed by atoms with Crippen LogP contribution in [0.1, 0.15) is 31.0 Å². The zero-order valence-corrected chi connectivity index (χ0v) is 14.9. The molecule has 0 heterocycles. The zero-order valence-electron chi connectivity index (χ0n) is 14.9. The minimum atomic E-state index is -0.0126. The molecule has 2 aromatic rings. The first-order chi connectivity index (χ1) is 11.5. The minimum absolute atomic E-state index is 0.0126.